The molecule has 0 atom stereocenters. The fourth-order valence-corrected chi connectivity index (χ4v) is 2.29. The van der Waals surface area contributed by atoms with E-state index in [0.717, 1.165) is 10.8 Å². The van der Waals surface area contributed by atoms with Crippen LogP contribution in [0.1, 0.15) is 10.4 Å². The van der Waals surface area contributed by atoms with Crippen molar-refractivity contribution in [1.29, 1.82) is 0 Å². The molecule has 0 aliphatic heterocycles. The van der Waals surface area contributed by atoms with Crippen molar-refractivity contribution in [3.63, 3.8) is 0 Å². The third-order valence-corrected chi connectivity index (χ3v) is 3.33. The molecule has 3 rings (SSSR count). The van der Waals surface area contributed by atoms with E-state index < -0.39 is 0 Å². The normalized spacial score (nSPS) is 10.4. The summed E-state index contributed by atoms with van der Waals surface area (Å²) in [5.41, 5.74) is 1.32. The molecule has 3 aromatic carbocycles. The van der Waals surface area contributed by atoms with Crippen molar-refractivity contribution in [3.8, 4) is 0 Å². The van der Waals surface area contributed by atoms with Gasteiger partial charge in [0, 0.05) is 16.3 Å². The first-order valence-corrected chi connectivity index (χ1v) is 6.66. The third kappa shape index (κ3) is 2.65. The summed E-state index contributed by atoms with van der Waals surface area (Å²) in [6.07, 6.45) is 0. The fourth-order valence-electron chi connectivity index (χ4n) is 2.10. The number of rotatable bonds is 2. The van der Waals surface area contributed by atoms with Crippen molar-refractivity contribution in [3.05, 3.63) is 77.3 Å². The van der Waals surface area contributed by atoms with Crippen molar-refractivity contribution in [2.75, 3.05) is 5.32 Å². The van der Waals surface area contributed by atoms with E-state index >= 15 is 0 Å². The van der Waals surface area contributed by atoms with Crippen LogP contribution in [0.3, 0.4) is 0 Å². The topological polar surface area (TPSA) is 29.1 Å². The molecule has 20 heavy (non-hydrogen) atoms. The Kier molecular flexibility index (Phi) is 3.40. The second kappa shape index (κ2) is 5.35. The quantitative estimate of drug-likeness (QED) is 0.722. The Hall–Kier alpha value is -2.32. The molecule has 0 radical (unpaired) electrons. The first-order chi connectivity index (χ1) is 9.72. The molecular formula is C17H12ClNO. The summed E-state index contributed by atoms with van der Waals surface area (Å²) in [6, 6.07) is 20.7. The van der Waals surface area contributed by atoms with E-state index in [1.54, 1.807) is 18.2 Å². The maximum atomic E-state index is 12.2. The molecule has 1 amide bonds. The van der Waals surface area contributed by atoms with Gasteiger partial charge in [-0.3, -0.25) is 4.79 Å². The first kappa shape index (κ1) is 12.7. The Balaban J connectivity index is 1.88. The second-order valence-corrected chi connectivity index (χ2v) is 4.96. The molecule has 3 aromatic rings. The summed E-state index contributed by atoms with van der Waals surface area (Å²) in [5, 5.41) is 5.60. The summed E-state index contributed by atoms with van der Waals surface area (Å²) in [4.78, 5) is 12.2. The molecule has 0 aromatic heterocycles. The Bertz CT molecular complexity index is 783. The highest BCUT2D eigenvalue weighted by Crippen LogP contribution is 2.18. The number of carbonyl (C=O) groups excluding carboxylic acids is 1. The molecule has 0 unspecified atom stereocenters. The average Bonchev–Trinajstić information content (AvgIpc) is 2.47. The van der Waals surface area contributed by atoms with Crippen molar-refractivity contribution in [2.24, 2.45) is 0 Å². The number of halogens is 1. The van der Waals surface area contributed by atoms with E-state index in [0.29, 0.717) is 16.3 Å². The standard InChI is InChI=1S/C17H12ClNO/c18-15-6-3-7-16(11-15)19-17(20)14-9-8-12-4-1-2-5-13(12)10-14/h1-11H,(H,19,20). The van der Waals surface area contributed by atoms with Crippen LogP contribution in [0, 0.1) is 0 Å². The van der Waals surface area contributed by atoms with Gasteiger partial charge in [-0.1, -0.05) is 48.0 Å². The Morgan fingerprint density at radius 3 is 2.45 bits per heavy atom. The van der Waals surface area contributed by atoms with Gasteiger partial charge in [0.05, 0.1) is 0 Å². The number of carbonyl (C=O) groups is 1. The second-order valence-electron chi connectivity index (χ2n) is 4.53. The van der Waals surface area contributed by atoms with Crippen LogP contribution in [0.5, 0.6) is 0 Å². The van der Waals surface area contributed by atoms with E-state index in [2.05, 4.69) is 5.32 Å². The summed E-state index contributed by atoms with van der Waals surface area (Å²) in [5.74, 6) is -0.141. The molecular weight excluding hydrogens is 270 g/mol. The Morgan fingerprint density at radius 2 is 1.65 bits per heavy atom. The van der Waals surface area contributed by atoms with E-state index in [4.69, 9.17) is 11.6 Å². The van der Waals surface area contributed by atoms with Crippen LogP contribution < -0.4 is 5.32 Å². The van der Waals surface area contributed by atoms with E-state index in [9.17, 15) is 4.79 Å². The van der Waals surface area contributed by atoms with E-state index in [1.807, 2.05) is 48.5 Å². The molecule has 2 nitrogen and oxygen atoms in total. The lowest BCUT2D eigenvalue weighted by atomic mass is 10.1. The zero-order chi connectivity index (χ0) is 13.9. The van der Waals surface area contributed by atoms with Gasteiger partial charge in [-0.05, 0) is 41.1 Å². The molecule has 0 bridgehead atoms. The monoisotopic (exact) mass is 281 g/mol. The lowest BCUT2D eigenvalue weighted by Crippen LogP contribution is -2.11. The number of nitrogens with one attached hydrogen (secondary N) is 1. The zero-order valence-electron chi connectivity index (χ0n) is 10.6. The summed E-state index contributed by atoms with van der Waals surface area (Å²) in [6.45, 7) is 0. The molecule has 0 spiro atoms. The van der Waals surface area contributed by atoms with Gasteiger partial charge >= 0.3 is 0 Å². The largest absolute Gasteiger partial charge is 0.322 e. The molecule has 0 fully saturated rings. The number of anilines is 1. The molecule has 0 aliphatic carbocycles. The van der Waals surface area contributed by atoms with Crippen molar-refractivity contribution >= 4 is 34.0 Å². The van der Waals surface area contributed by atoms with Gasteiger partial charge < -0.3 is 5.32 Å². The van der Waals surface area contributed by atoms with Crippen LogP contribution in [-0.2, 0) is 0 Å². The lowest BCUT2D eigenvalue weighted by molar-refractivity contribution is 0.102. The fraction of sp³-hybridized carbons (Fsp3) is 0. The van der Waals surface area contributed by atoms with Crippen LogP contribution >= 0.6 is 11.6 Å². The molecule has 0 saturated heterocycles. The molecule has 3 heteroatoms. The minimum Gasteiger partial charge on any atom is -0.322 e. The highest BCUT2D eigenvalue weighted by atomic mass is 35.5. The van der Waals surface area contributed by atoms with Gasteiger partial charge in [-0.25, -0.2) is 0 Å². The SMILES string of the molecule is O=C(Nc1cccc(Cl)c1)c1ccc2ccccc2c1. The van der Waals surface area contributed by atoms with Crippen LogP contribution in [0.4, 0.5) is 5.69 Å². The Morgan fingerprint density at radius 1 is 0.850 bits per heavy atom. The number of hydrogen-bond acceptors (Lipinski definition) is 1. The van der Waals surface area contributed by atoms with Gasteiger partial charge in [0.15, 0.2) is 0 Å². The maximum absolute atomic E-state index is 12.2. The minimum atomic E-state index is -0.141. The number of benzene rings is 3. The van der Waals surface area contributed by atoms with Crippen molar-refractivity contribution < 1.29 is 4.79 Å². The van der Waals surface area contributed by atoms with Crippen molar-refractivity contribution in [1.82, 2.24) is 0 Å². The lowest BCUT2D eigenvalue weighted by Gasteiger charge is -2.06. The molecule has 0 aliphatic rings. The van der Waals surface area contributed by atoms with Gasteiger partial charge in [0.1, 0.15) is 0 Å². The maximum Gasteiger partial charge on any atom is 0.255 e. The molecule has 0 saturated carbocycles. The van der Waals surface area contributed by atoms with Crippen LogP contribution in [0.15, 0.2) is 66.7 Å². The van der Waals surface area contributed by atoms with Crippen molar-refractivity contribution in [2.45, 2.75) is 0 Å². The number of fused-ring (bicyclic) bond motifs is 1. The minimum absolute atomic E-state index is 0.141. The van der Waals surface area contributed by atoms with Gasteiger partial charge in [0.25, 0.3) is 5.91 Å². The molecule has 98 valence electrons. The van der Waals surface area contributed by atoms with Gasteiger partial charge in [-0.2, -0.15) is 0 Å². The highest BCUT2D eigenvalue weighted by Gasteiger charge is 2.07. The highest BCUT2D eigenvalue weighted by molar-refractivity contribution is 6.31. The third-order valence-electron chi connectivity index (χ3n) is 3.09. The zero-order valence-corrected chi connectivity index (χ0v) is 11.4. The summed E-state index contributed by atoms with van der Waals surface area (Å²) >= 11 is 5.90. The average molecular weight is 282 g/mol. The number of hydrogen-bond donors (Lipinski definition) is 1. The predicted octanol–water partition coefficient (Wildman–Crippen LogP) is 4.75. The summed E-state index contributed by atoms with van der Waals surface area (Å²) < 4.78 is 0. The Labute approximate surface area is 122 Å². The number of amides is 1. The van der Waals surface area contributed by atoms with Crippen LogP contribution in [0.2, 0.25) is 5.02 Å². The first-order valence-electron chi connectivity index (χ1n) is 6.28. The van der Waals surface area contributed by atoms with Crippen LogP contribution in [-0.4, -0.2) is 5.91 Å². The van der Waals surface area contributed by atoms with Crippen LogP contribution in [0.25, 0.3) is 10.8 Å². The van der Waals surface area contributed by atoms with E-state index in [-0.39, 0.29) is 5.91 Å². The predicted molar refractivity (Wildman–Crippen MR) is 83.4 cm³/mol. The summed E-state index contributed by atoms with van der Waals surface area (Å²) in [7, 11) is 0. The molecule has 1 N–H and O–H groups in total. The smallest absolute Gasteiger partial charge is 0.255 e. The van der Waals surface area contributed by atoms with Gasteiger partial charge in [0.2, 0.25) is 0 Å². The molecule has 0 heterocycles. The van der Waals surface area contributed by atoms with E-state index in [1.165, 1.54) is 0 Å². The van der Waals surface area contributed by atoms with Gasteiger partial charge in [-0.15, -0.1) is 0 Å².